The van der Waals surface area contributed by atoms with E-state index in [1.165, 1.54) is 35.1 Å². The normalized spacial score (nSPS) is 16.4. The van der Waals surface area contributed by atoms with Crippen LogP contribution in [0.5, 0.6) is 17.2 Å². The van der Waals surface area contributed by atoms with Gasteiger partial charge in [-0.3, -0.25) is 4.90 Å². The molecule has 0 spiro atoms. The minimum Gasteiger partial charge on any atom is -0.493 e. The number of piperidine rings is 1. The van der Waals surface area contributed by atoms with Gasteiger partial charge in [-0.25, -0.2) is 0 Å². The van der Waals surface area contributed by atoms with Crippen molar-refractivity contribution in [3.63, 3.8) is 0 Å². The molecule has 0 atom stereocenters. The molecule has 0 amide bonds. The second kappa shape index (κ2) is 11.0. The second-order valence-corrected chi connectivity index (χ2v) is 9.57. The Morgan fingerprint density at radius 1 is 0.778 bits per heavy atom. The van der Waals surface area contributed by atoms with Crippen LogP contribution in [0, 0.1) is 5.92 Å². The summed E-state index contributed by atoms with van der Waals surface area (Å²) in [5.74, 6) is 3.06. The molecular formula is C32H35NO3. The van der Waals surface area contributed by atoms with Gasteiger partial charge >= 0.3 is 0 Å². The number of likely N-dealkylation sites (tertiary alicyclic amines) is 1. The van der Waals surface area contributed by atoms with Crippen LogP contribution in [0.15, 0.2) is 66.7 Å². The molecule has 0 N–H and O–H groups in total. The monoisotopic (exact) mass is 481 g/mol. The Labute approximate surface area is 214 Å². The van der Waals surface area contributed by atoms with Crippen molar-refractivity contribution in [3.8, 4) is 17.2 Å². The Hall–Kier alpha value is -3.50. The molecule has 1 aliphatic carbocycles. The number of ether oxygens (including phenoxy) is 3. The Morgan fingerprint density at radius 3 is 1.86 bits per heavy atom. The highest BCUT2D eigenvalue weighted by atomic mass is 16.5. The van der Waals surface area contributed by atoms with Gasteiger partial charge in [-0.15, -0.1) is 0 Å². The summed E-state index contributed by atoms with van der Waals surface area (Å²) < 4.78 is 16.4. The predicted molar refractivity (Wildman–Crippen MR) is 148 cm³/mol. The number of hydrogen-bond acceptors (Lipinski definition) is 4. The van der Waals surface area contributed by atoms with E-state index in [4.69, 9.17) is 14.2 Å². The summed E-state index contributed by atoms with van der Waals surface area (Å²) in [6.07, 6.45) is 11.4. The standard InChI is InChI=1S/C32H35NO3/c1-34-29-21-23(22-30(35-2)32(29)36-3)9-8-18-33-19-16-26(17-20-33)31-27-12-6-4-10-24(27)14-15-25-11-5-7-13-28(25)31/h4-15,21-22,26,31H,16-20H2,1-3H3. The molecule has 2 aliphatic rings. The van der Waals surface area contributed by atoms with Gasteiger partial charge in [-0.05, 0) is 71.8 Å². The maximum Gasteiger partial charge on any atom is 0.203 e. The first-order valence-electron chi connectivity index (χ1n) is 12.8. The van der Waals surface area contributed by atoms with Crippen molar-refractivity contribution < 1.29 is 14.2 Å². The second-order valence-electron chi connectivity index (χ2n) is 9.57. The average Bonchev–Trinajstić information content (AvgIpc) is 3.10. The van der Waals surface area contributed by atoms with Crippen LogP contribution in [0.2, 0.25) is 0 Å². The maximum atomic E-state index is 5.49. The van der Waals surface area contributed by atoms with E-state index in [9.17, 15) is 0 Å². The highest BCUT2D eigenvalue weighted by Gasteiger charge is 2.31. The first-order valence-corrected chi connectivity index (χ1v) is 12.8. The minimum absolute atomic E-state index is 0.448. The van der Waals surface area contributed by atoms with Crippen molar-refractivity contribution in [2.45, 2.75) is 18.8 Å². The number of methoxy groups -OCH3 is 3. The van der Waals surface area contributed by atoms with E-state index in [-0.39, 0.29) is 0 Å². The fourth-order valence-corrected chi connectivity index (χ4v) is 5.75. The van der Waals surface area contributed by atoms with E-state index in [0.29, 0.717) is 29.1 Å². The summed E-state index contributed by atoms with van der Waals surface area (Å²) >= 11 is 0. The summed E-state index contributed by atoms with van der Waals surface area (Å²) in [5.41, 5.74) is 6.70. The van der Waals surface area contributed by atoms with E-state index in [2.05, 4.69) is 77.7 Å². The molecule has 0 radical (unpaired) electrons. The van der Waals surface area contributed by atoms with Crippen LogP contribution >= 0.6 is 0 Å². The molecule has 3 aromatic carbocycles. The van der Waals surface area contributed by atoms with Gasteiger partial charge in [-0.1, -0.05) is 72.8 Å². The third-order valence-corrected chi connectivity index (χ3v) is 7.57. The molecule has 0 saturated carbocycles. The molecule has 4 nitrogen and oxygen atoms in total. The Bertz CT molecular complexity index is 1180. The lowest BCUT2D eigenvalue weighted by molar-refractivity contribution is 0.190. The molecule has 1 aliphatic heterocycles. The Morgan fingerprint density at radius 2 is 1.33 bits per heavy atom. The molecule has 5 rings (SSSR count). The summed E-state index contributed by atoms with van der Waals surface area (Å²) in [6, 6.07) is 21.8. The minimum atomic E-state index is 0.448. The highest BCUT2D eigenvalue weighted by molar-refractivity contribution is 5.76. The molecule has 4 heteroatoms. The molecule has 0 bridgehead atoms. The van der Waals surface area contributed by atoms with Crippen molar-refractivity contribution >= 4 is 18.2 Å². The van der Waals surface area contributed by atoms with E-state index in [1.54, 1.807) is 21.3 Å². The summed E-state index contributed by atoms with van der Waals surface area (Å²) in [6.45, 7) is 3.15. The van der Waals surface area contributed by atoms with Gasteiger partial charge < -0.3 is 14.2 Å². The van der Waals surface area contributed by atoms with Crippen LogP contribution in [-0.4, -0.2) is 45.9 Å². The number of benzene rings is 3. The van der Waals surface area contributed by atoms with Gasteiger partial charge in [0.2, 0.25) is 5.75 Å². The van der Waals surface area contributed by atoms with E-state index in [1.807, 2.05) is 12.1 Å². The fraction of sp³-hybridized carbons (Fsp3) is 0.312. The zero-order valence-corrected chi connectivity index (χ0v) is 21.4. The largest absolute Gasteiger partial charge is 0.493 e. The molecule has 1 fully saturated rings. The summed E-state index contributed by atoms with van der Waals surface area (Å²) in [4.78, 5) is 2.55. The maximum absolute atomic E-state index is 5.49. The van der Waals surface area contributed by atoms with Gasteiger partial charge in [0.1, 0.15) is 0 Å². The molecule has 1 saturated heterocycles. The lowest BCUT2D eigenvalue weighted by atomic mass is 9.74. The van der Waals surface area contributed by atoms with Crippen LogP contribution < -0.4 is 14.2 Å². The van der Waals surface area contributed by atoms with Crippen molar-refractivity contribution in [2.24, 2.45) is 5.92 Å². The SMILES string of the molecule is COc1cc(C=CCN2CCC(C3c4ccccc4C=Cc4ccccc43)CC2)cc(OC)c1OC. The first-order chi connectivity index (χ1) is 17.7. The van der Waals surface area contributed by atoms with Gasteiger partial charge in [-0.2, -0.15) is 0 Å². The van der Waals surface area contributed by atoms with Gasteiger partial charge in [0.05, 0.1) is 21.3 Å². The van der Waals surface area contributed by atoms with Crippen molar-refractivity contribution in [1.29, 1.82) is 0 Å². The smallest absolute Gasteiger partial charge is 0.203 e. The lowest BCUT2D eigenvalue weighted by Gasteiger charge is -2.37. The fourth-order valence-electron chi connectivity index (χ4n) is 5.75. The molecule has 0 aromatic heterocycles. The molecule has 36 heavy (non-hydrogen) atoms. The van der Waals surface area contributed by atoms with E-state index < -0.39 is 0 Å². The number of rotatable bonds is 7. The molecule has 186 valence electrons. The van der Waals surface area contributed by atoms with Crippen LogP contribution in [0.3, 0.4) is 0 Å². The summed E-state index contributed by atoms with van der Waals surface area (Å²) in [7, 11) is 4.93. The van der Waals surface area contributed by atoms with E-state index in [0.717, 1.165) is 25.2 Å². The number of hydrogen-bond donors (Lipinski definition) is 0. The molecule has 1 heterocycles. The first kappa shape index (κ1) is 24.2. The van der Waals surface area contributed by atoms with Crippen molar-refractivity contribution in [3.05, 3.63) is 94.6 Å². The molecule has 3 aromatic rings. The Balaban J connectivity index is 1.27. The molecular weight excluding hydrogens is 446 g/mol. The molecule has 0 unspecified atom stereocenters. The van der Waals surface area contributed by atoms with Crippen molar-refractivity contribution in [2.75, 3.05) is 41.0 Å². The Kier molecular flexibility index (Phi) is 7.43. The van der Waals surface area contributed by atoms with Gasteiger partial charge in [0.15, 0.2) is 11.5 Å². The zero-order chi connectivity index (χ0) is 24.9. The zero-order valence-electron chi connectivity index (χ0n) is 21.4. The quantitative estimate of drug-likeness (QED) is 0.373. The van der Waals surface area contributed by atoms with Crippen molar-refractivity contribution in [1.82, 2.24) is 4.90 Å². The summed E-state index contributed by atoms with van der Waals surface area (Å²) in [5, 5.41) is 0. The number of nitrogens with zero attached hydrogens (tertiary/aromatic N) is 1. The third-order valence-electron chi connectivity index (χ3n) is 7.57. The number of fused-ring (bicyclic) bond motifs is 2. The van der Waals surface area contributed by atoms with Gasteiger partial charge in [0, 0.05) is 12.5 Å². The average molecular weight is 482 g/mol. The van der Waals surface area contributed by atoms with Crippen LogP contribution in [0.4, 0.5) is 0 Å². The predicted octanol–water partition coefficient (Wildman–Crippen LogP) is 6.75. The van der Waals surface area contributed by atoms with E-state index >= 15 is 0 Å². The lowest BCUT2D eigenvalue weighted by Crippen LogP contribution is -2.36. The topological polar surface area (TPSA) is 30.9 Å². The van der Waals surface area contributed by atoms with Crippen LogP contribution in [-0.2, 0) is 0 Å². The van der Waals surface area contributed by atoms with Crippen LogP contribution in [0.1, 0.15) is 46.6 Å². The highest BCUT2D eigenvalue weighted by Crippen LogP contribution is 2.43. The van der Waals surface area contributed by atoms with Gasteiger partial charge in [0.25, 0.3) is 0 Å². The van der Waals surface area contributed by atoms with Crippen LogP contribution in [0.25, 0.3) is 18.2 Å². The third kappa shape index (κ3) is 4.91.